The van der Waals surface area contributed by atoms with E-state index in [0.717, 1.165) is 19.3 Å². The van der Waals surface area contributed by atoms with Gasteiger partial charge in [-0.1, -0.05) is 13.0 Å². The summed E-state index contributed by atoms with van der Waals surface area (Å²) < 4.78 is 4.88. The second kappa shape index (κ2) is 5.65. The number of nitrogens with one attached hydrogen (secondary N) is 1. The second-order valence-corrected chi connectivity index (χ2v) is 5.46. The molecular weight excluding hydrogens is 234 g/mol. The van der Waals surface area contributed by atoms with Crippen LogP contribution in [-0.2, 0) is 9.53 Å². The Hall–Kier alpha value is -0.870. The van der Waals surface area contributed by atoms with Crippen LogP contribution in [0.1, 0.15) is 37.1 Å². The van der Waals surface area contributed by atoms with Crippen LogP contribution in [0.5, 0.6) is 0 Å². The molecule has 0 aliphatic heterocycles. The Labute approximate surface area is 106 Å². The zero-order valence-electron chi connectivity index (χ0n) is 10.3. The summed E-state index contributed by atoms with van der Waals surface area (Å²) in [6.07, 6.45) is 3.25. The molecule has 0 spiro atoms. The molecule has 2 unspecified atom stereocenters. The standard InChI is InChI=1S/C13H19NO2S/c1-3-10(11-5-4-8-17-11)14-12(9-6-7-9)13(15)16-2/h4-5,8-10,12,14H,3,6-7H2,1-2H3. The van der Waals surface area contributed by atoms with Gasteiger partial charge in [-0.05, 0) is 36.6 Å². The lowest BCUT2D eigenvalue weighted by Crippen LogP contribution is -2.41. The number of carbonyl (C=O) groups is 1. The molecule has 1 aliphatic carbocycles. The second-order valence-electron chi connectivity index (χ2n) is 4.48. The fourth-order valence-corrected chi connectivity index (χ4v) is 2.93. The molecular formula is C13H19NO2S. The van der Waals surface area contributed by atoms with Crippen molar-refractivity contribution in [3.05, 3.63) is 22.4 Å². The molecule has 1 aromatic rings. The molecule has 2 rings (SSSR count). The highest BCUT2D eigenvalue weighted by molar-refractivity contribution is 7.10. The Morgan fingerprint density at radius 2 is 2.41 bits per heavy atom. The van der Waals surface area contributed by atoms with E-state index in [2.05, 4.69) is 29.8 Å². The van der Waals surface area contributed by atoms with Gasteiger partial charge in [-0.25, -0.2) is 0 Å². The van der Waals surface area contributed by atoms with Gasteiger partial charge in [-0.15, -0.1) is 11.3 Å². The Kier molecular flexibility index (Phi) is 4.18. The molecule has 1 saturated carbocycles. The summed E-state index contributed by atoms with van der Waals surface area (Å²) in [5.74, 6) is 0.346. The molecule has 1 aliphatic rings. The van der Waals surface area contributed by atoms with Crippen molar-refractivity contribution >= 4 is 17.3 Å². The summed E-state index contributed by atoms with van der Waals surface area (Å²) in [6, 6.07) is 4.30. The zero-order chi connectivity index (χ0) is 12.3. The summed E-state index contributed by atoms with van der Waals surface area (Å²) in [5.41, 5.74) is 0. The van der Waals surface area contributed by atoms with Crippen LogP contribution in [0.3, 0.4) is 0 Å². The van der Waals surface area contributed by atoms with Crippen molar-refractivity contribution in [1.29, 1.82) is 0 Å². The highest BCUT2D eigenvalue weighted by Crippen LogP contribution is 2.35. The van der Waals surface area contributed by atoms with E-state index >= 15 is 0 Å². The SMILES string of the molecule is CCC(NC(C(=O)OC)C1CC1)c1cccs1. The number of methoxy groups -OCH3 is 1. The van der Waals surface area contributed by atoms with Crippen LogP contribution >= 0.6 is 11.3 Å². The molecule has 2 atom stereocenters. The van der Waals surface area contributed by atoms with Crippen LogP contribution in [0.2, 0.25) is 0 Å². The predicted molar refractivity (Wildman–Crippen MR) is 69.0 cm³/mol. The summed E-state index contributed by atoms with van der Waals surface area (Å²) >= 11 is 1.73. The van der Waals surface area contributed by atoms with E-state index in [1.165, 1.54) is 12.0 Å². The maximum atomic E-state index is 11.7. The predicted octanol–water partition coefficient (Wildman–Crippen LogP) is 2.74. The monoisotopic (exact) mass is 253 g/mol. The molecule has 1 fully saturated rings. The van der Waals surface area contributed by atoms with E-state index in [9.17, 15) is 4.79 Å². The smallest absolute Gasteiger partial charge is 0.323 e. The summed E-state index contributed by atoms with van der Waals surface area (Å²) in [4.78, 5) is 13.0. The minimum Gasteiger partial charge on any atom is -0.468 e. The van der Waals surface area contributed by atoms with Crippen LogP contribution in [0.4, 0.5) is 0 Å². The largest absolute Gasteiger partial charge is 0.468 e. The molecule has 0 saturated heterocycles. The lowest BCUT2D eigenvalue weighted by Gasteiger charge is -2.22. The molecule has 1 heterocycles. The van der Waals surface area contributed by atoms with Crippen molar-refractivity contribution in [2.75, 3.05) is 7.11 Å². The van der Waals surface area contributed by atoms with Crippen molar-refractivity contribution in [1.82, 2.24) is 5.32 Å². The quantitative estimate of drug-likeness (QED) is 0.792. The van der Waals surface area contributed by atoms with Gasteiger partial charge in [-0.3, -0.25) is 10.1 Å². The van der Waals surface area contributed by atoms with Gasteiger partial charge in [0.2, 0.25) is 0 Å². The molecule has 0 radical (unpaired) electrons. The van der Waals surface area contributed by atoms with Crippen molar-refractivity contribution in [3.63, 3.8) is 0 Å². The number of esters is 1. The number of rotatable bonds is 6. The average molecular weight is 253 g/mol. The Balaban J connectivity index is 2.03. The maximum absolute atomic E-state index is 11.7. The van der Waals surface area contributed by atoms with Gasteiger partial charge >= 0.3 is 5.97 Å². The van der Waals surface area contributed by atoms with E-state index in [4.69, 9.17) is 4.74 Å². The topological polar surface area (TPSA) is 38.3 Å². The zero-order valence-corrected chi connectivity index (χ0v) is 11.1. The third-order valence-electron chi connectivity index (χ3n) is 3.22. The number of thiophene rings is 1. The Morgan fingerprint density at radius 1 is 1.65 bits per heavy atom. The normalized spacial score (nSPS) is 18.7. The van der Waals surface area contributed by atoms with Gasteiger partial charge in [0.15, 0.2) is 0 Å². The average Bonchev–Trinajstić information content (AvgIpc) is 3.04. The summed E-state index contributed by atoms with van der Waals surface area (Å²) in [6.45, 7) is 2.14. The van der Waals surface area contributed by atoms with Crippen molar-refractivity contribution < 1.29 is 9.53 Å². The summed E-state index contributed by atoms with van der Waals surface area (Å²) in [5, 5.41) is 5.53. The molecule has 0 aromatic carbocycles. The van der Waals surface area contributed by atoms with E-state index in [1.807, 2.05) is 0 Å². The molecule has 0 amide bonds. The lowest BCUT2D eigenvalue weighted by molar-refractivity contribution is -0.144. The van der Waals surface area contributed by atoms with Gasteiger partial charge in [0.05, 0.1) is 7.11 Å². The van der Waals surface area contributed by atoms with E-state index in [1.54, 1.807) is 11.3 Å². The molecule has 94 valence electrons. The number of carbonyl (C=O) groups excluding carboxylic acids is 1. The van der Waals surface area contributed by atoms with Gasteiger partial charge < -0.3 is 4.74 Å². The highest BCUT2D eigenvalue weighted by Gasteiger charge is 2.38. The third-order valence-corrected chi connectivity index (χ3v) is 4.21. The number of hydrogen-bond donors (Lipinski definition) is 1. The molecule has 17 heavy (non-hydrogen) atoms. The van der Waals surface area contributed by atoms with Crippen molar-refractivity contribution in [2.45, 2.75) is 38.3 Å². The van der Waals surface area contributed by atoms with Gasteiger partial charge in [0.25, 0.3) is 0 Å². The molecule has 1 N–H and O–H groups in total. The molecule has 3 nitrogen and oxygen atoms in total. The highest BCUT2D eigenvalue weighted by atomic mass is 32.1. The van der Waals surface area contributed by atoms with Gasteiger partial charge in [0, 0.05) is 10.9 Å². The van der Waals surface area contributed by atoms with Crippen LogP contribution in [0.25, 0.3) is 0 Å². The van der Waals surface area contributed by atoms with Crippen molar-refractivity contribution in [2.24, 2.45) is 5.92 Å². The minimum absolute atomic E-state index is 0.123. The van der Waals surface area contributed by atoms with E-state index in [0.29, 0.717) is 5.92 Å². The summed E-state index contributed by atoms with van der Waals surface area (Å²) in [7, 11) is 1.46. The van der Waals surface area contributed by atoms with E-state index in [-0.39, 0.29) is 18.1 Å². The fourth-order valence-electron chi connectivity index (χ4n) is 2.06. The van der Waals surface area contributed by atoms with Crippen LogP contribution in [-0.4, -0.2) is 19.1 Å². The first kappa shape index (κ1) is 12.6. The van der Waals surface area contributed by atoms with Crippen LogP contribution in [0.15, 0.2) is 17.5 Å². The Bertz CT molecular complexity index is 360. The fraction of sp³-hybridized carbons (Fsp3) is 0.615. The molecule has 4 heteroatoms. The first-order chi connectivity index (χ1) is 8.26. The van der Waals surface area contributed by atoms with Crippen LogP contribution in [0, 0.1) is 5.92 Å². The first-order valence-electron chi connectivity index (χ1n) is 6.13. The number of ether oxygens (including phenoxy) is 1. The third kappa shape index (κ3) is 3.07. The van der Waals surface area contributed by atoms with Gasteiger partial charge in [0.1, 0.15) is 6.04 Å². The van der Waals surface area contributed by atoms with E-state index < -0.39 is 0 Å². The first-order valence-corrected chi connectivity index (χ1v) is 7.01. The van der Waals surface area contributed by atoms with Crippen LogP contribution < -0.4 is 5.32 Å². The lowest BCUT2D eigenvalue weighted by atomic mass is 10.1. The van der Waals surface area contributed by atoms with Crippen molar-refractivity contribution in [3.8, 4) is 0 Å². The molecule has 1 aromatic heterocycles. The molecule has 0 bridgehead atoms. The Morgan fingerprint density at radius 3 is 2.88 bits per heavy atom. The van der Waals surface area contributed by atoms with Gasteiger partial charge in [-0.2, -0.15) is 0 Å². The number of hydrogen-bond acceptors (Lipinski definition) is 4. The minimum atomic E-state index is -0.132. The maximum Gasteiger partial charge on any atom is 0.323 e.